The number of hydrogen-bond acceptors (Lipinski definition) is 2. The van der Waals surface area contributed by atoms with Crippen molar-refractivity contribution in [3.8, 4) is 0 Å². The van der Waals surface area contributed by atoms with Crippen LogP contribution in [0.5, 0.6) is 0 Å². The Morgan fingerprint density at radius 1 is 1.50 bits per heavy atom. The molecule has 106 valence electrons. The van der Waals surface area contributed by atoms with Gasteiger partial charge in [-0.2, -0.15) is 0 Å². The summed E-state index contributed by atoms with van der Waals surface area (Å²) >= 11 is 0. The van der Waals surface area contributed by atoms with Gasteiger partial charge >= 0.3 is 0 Å². The van der Waals surface area contributed by atoms with Crippen molar-refractivity contribution in [1.82, 2.24) is 15.5 Å². The van der Waals surface area contributed by atoms with Crippen LogP contribution < -0.4 is 10.6 Å². The van der Waals surface area contributed by atoms with Gasteiger partial charge in [-0.05, 0) is 39.3 Å². The summed E-state index contributed by atoms with van der Waals surface area (Å²) in [5, 5.41) is 6.47. The highest BCUT2D eigenvalue weighted by atomic mass is 127. The molecule has 1 aliphatic heterocycles. The molecule has 0 amide bonds. The molecule has 1 rings (SSSR count). The molecule has 0 aliphatic carbocycles. The monoisotopic (exact) mass is 366 g/mol. The Bertz CT molecular complexity index is 255. The van der Waals surface area contributed by atoms with Crippen LogP contribution in [-0.2, 0) is 0 Å². The zero-order valence-corrected chi connectivity index (χ0v) is 13.9. The van der Waals surface area contributed by atoms with E-state index >= 15 is 0 Å². The third kappa shape index (κ3) is 7.20. The van der Waals surface area contributed by atoms with E-state index < -0.39 is 0 Å². The van der Waals surface area contributed by atoms with Gasteiger partial charge in [-0.15, -0.1) is 30.6 Å². The minimum absolute atomic E-state index is 0. The number of rotatable bonds is 5. The minimum Gasteiger partial charge on any atom is -0.357 e. The van der Waals surface area contributed by atoms with Crippen molar-refractivity contribution in [2.45, 2.75) is 19.8 Å². The van der Waals surface area contributed by atoms with Gasteiger partial charge in [0.15, 0.2) is 5.96 Å². The van der Waals surface area contributed by atoms with Crippen LogP contribution in [0.3, 0.4) is 0 Å². The lowest BCUT2D eigenvalue weighted by atomic mass is 9.99. The fraction of sp³-hybridized carbons (Fsp3) is 0.769. The first-order valence-corrected chi connectivity index (χ1v) is 6.57. The second kappa shape index (κ2) is 10.6. The molecule has 5 heteroatoms. The van der Waals surface area contributed by atoms with E-state index in [1.165, 1.54) is 25.9 Å². The van der Waals surface area contributed by atoms with Gasteiger partial charge in [0.1, 0.15) is 0 Å². The van der Waals surface area contributed by atoms with E-state index in [0.717, 1.165) is 25.6 Å². The van der Waals surface area contributed by atoms with Crippen molar-refractivity contribution in [2.75, 3.05) is 39.8 Å². The summed E-state index contributed by atoms with van der Waals surface area (Å²) in [4.78, 5) is 7.03. The van der Waals surface area contributed by atoms with Crippen LogP contribution in [0.2, 0.25) is 0 Å². The maximum absolute atomic E-state index is 4.63. The molecule has 4 nitrogen and oxygen atoms in total. The second-order valence-corrected chi connectivity index (χ2v) is 4.66. The lowest BCUT2D eigenvalue weighted by Gasteiger charge is -2.28. The molecule has 18 heavy (non-hydrogen) atoms. The zero-order valence-electron chi connectivity index (χ0n) is 11.6. The number of nitrogens with zero attached hydrogens (tertiary/aromatic N) is 2. The predicted molar refractivity (Wildman–Crippen MR) is 89.8 cm³/mol. The molecule has 0 aromatic rings. The largest absolute Gasteiger partial charge is 0.357 e. The van der Waals surface area contributed by atoms with E-state index in [1.54, 1.807) is 0 Å². The van der Waals surface area contributed by atoms with E-state index in [1.807, 2.05) is 6.08 Å². The standard InChI is InChI=1S/C13H26N4.HI/c1-4-8-15-13(14-5-2)16-10-12-7-6-9-17(3)11-12;/h4,12H,1,5-11H2,2-3H3,(H2,14,15,16);1H. The SMILES string of the molecule is C=CCNC(=NCC1CCCN(C)C1)NCC.I. The van der Waals surface area contributed by atoms with Gasteiger partial charge in [-0.3, -0.25) is 4.99 Å². The Morgan fingerprint density at radius 2 is 2.28 bits per heavy atom. The normalized spacial score (nSPS) is 21.0. The number of piperidine rings is 1. The highest BCUT2D eigenvalue weighted by Crippen LogP contribution is 2.14. The molecule has 0 radical (unpaired) electrons. The summed E-state index contributed by atoms with van der Waals surface area (Å²) in [6.07, 6.45) is 4.45. The fourth-order valence-electron chi connectivity index (χ4n) is 2.15. The number of guanidine groups is 1. The van der Waals surface area contributed by atoms with Gasteiger partial charge in [0.05, 0.1) is 0 Å². The average Bonchev–Trinajstić information content (AvgIpc) is 2.33. The third-order valence-electron chi connectivity index (χ3n) is 2.99. The molecule has 1 aliphatic rings. The molecule has 1 fully saturated rings. The van der Waals surface area contributed by atoms with E-state index in [2.05, 4.69) is 41.1 Å². The highest BCUT2D eigenvalue weighted by Gasteiger charge is 2.16. The topological polar surface area (TPSA) is 39.7 Å². The molecule has 0 bridgehead atoms. The Morgan fingerprint density at radius 3 is 2.89 bits per heavy atom. The maximum atomic E-state index is 4.63. The smallest absolute Gasteiger partial charge is 0.191 e. The van der Waals surface area contributed by atoms with Crippen LogP contribution in [0.25, 0.3) is 0 Å². The summed E-state index contributed by atoms with van der Waals surface area (Å²) in [6.45, 7) is 10.8. The number of nitrogens with one attached hydrogen (secondary N) is 2. The van der Waals surface area contributed by atoms with Crippen molar-refractivity contribution < 1.29 is 0 Å². The lowest BCUT2D eigenvalue weighted by molar-refractivity contribution is 0.214. The lowest BCUT2D eigenvalue weighted by Crippen LogP contribution is -2.39. The first-order chi connectivity index (χ1) is 8.26. The quantitative estimate of drug-likeness (QED) is 0.337. The first-order valence-electron chi connectivity index (χ1n) is 6.57. The second-order valence-electron chi connectivity index (χ2n) is 4.66. The molecule has 0 saturated carbocycles. The van der Waals surface area contributed by atoms with Crippen LogP contribution in [-0.4, -0.2) is 50.6 Å². The summed E-state index contributed by atoms with van der Waals surface area (Å²) in [5.74, 6) is 1.61. The van der Waals surface area contributed by atoms with Crippen molar-refractivity contribution in [3.05, 3.63) is 12.7 Å². The van der Waals surface area contributed by atoms with Crippen LogP contribution in [0.15, 0.2) is 17.6 Å². The van der Waals surface area contributed by atoms with E-state index in [9.17, 15) is 0 Å². The molecule has 0 aromatic heterocycles. The molecule has 0 spiro atoms. The molecule has 2 N–H and O–H groups in total. The Balaban J connectivity index is 0.00000289. The Labute approximate surface area is 128 Å². The summed E-state index contributed by atoms with van der Waals surface area (Å²) in [7, 11) is 2.19. The van der Waals surface area contributed by atoms with Gasteiger partial charge in [0, 0.05) is 26.2 Å². The molecular weight excluding hydrogens is 339 g/mol. The Kier molecular flexibility index (Phi) is 10.4. The molecule has 0 aromatic carbocycles. The maximum Gasteiger partial charge on any atom is 0.191 e. The van der Waals surface area contributed by atoms with Gasteiger partial charge in [0.2, 0.25) is 0 Å². The third-order valence-corrected chi connectivity index (χ3v) is 2.99. The summed E-state index contributed by atoms with van der Waals surface area (Å²) in [6, 6.07) is 0. The van der Waals surface area contributed by atoms with Gasteiger partial charge in [-0.25, -0.2) is 0 Å². The van der Waals surface area contributed by atoms with E-state index in [0.29, 0.717) is 5.92 Å². The van der Waals surface area contributed by atoms with E-state index in [-0.39, 0.29) is 24.0 Å². The van der Waals surface area contributed by atoms with Crippen molar-refractivity contribution >= 4 is 29.9 Å². The van der Waals surface area contributed by atoms with Gasteiger partial charge in [-0.1, -0.05) is 6.08 Å². The van der Waals surface area contributed by atoms with E-state index in [4.69, 9.17) is 0 Å². The summed E-state index contributed by atoms with van der Waals surface area (Å²) < 4.78 is 0. The average molecular weight is 366 g/mol. The molecule has 1 heterocycles. The van der Waals surface area contributed by atoms with Crippen LogP contribution in [0.1, 0.15) is 19.8 Å². The van der Waals surface area contributed by atoms with Crippen LogP contribution in [0, 0.1) is 5.92 Å². The van der Waals surface area contributed by atoms with Crippen molar-refractivity contribution in [3.63, 3.8) is 0 Å². The number of halogens is 1. The van der Waals surface area contributed by atoms with Crippen LogP contribution in [0.4, 0.5) is 0 Å². The number of hydrogen-bond donors (Lipinski definition) is 2. The first kappa shape index (κ1) is 17.7. The summed E-state index contributed by atoms with van der Waals surface area (Å²) in [5.41, 5.74) is 0. The molecular formula is C13H27IN4. The van der Waals surface area contributed by atoms with Crippen molar-refractivity contribution in [1.29, 1.82) is 0 Å². The zero-order chi connectivity index (χ0) is 12.5. The Hall–Kier alpha value is -0.300. The predicted octanol–water partition coefficient (Wildman–Crippen LogP) is 1.69. The fourth-order valence-corrected chi connectivity index (χ4v) is 2.15. The molecule has 1 saturated heterocycles. The van der Waals surface area contributed by atoms with Gasteiger partial charge in [0.25, 0.3) is 0 Å². The van der Waals surface area contributed by atoms with Crippen LogP contribution >= 0.6 is 24.0 Å². The number of likely N-dealkylation sites (tertiary alicyclic amines) is 1. The molecule has 1 unspecified atom stereocenters. The highest BCUT2D eigenvalue weighted by molar-refractivity contribution is 14.0. The minimum atomic E-state index is 0. The van der Waals surface area contributed by atoms with Crippen molar-refractivity contribution in [2.24, 2.45) is 10.9 Å². The van der Waals surface area contributed by atoms with Gasteiger partial charge < -0.3 is 15.5 Å². The number of aliphatic imine (C=N–C) groups is 1. The molecule has 1 atom stereocenters.